The number of hydrogen-bond acceptors (Lipinski definition) is 7. The second kappa shape index (κ2) is 12.3. The van der Waals surface area contributed by atoms with Gasteiger partial charge in [0.25, 0.3) is 0 Å². The summed E-state index contributed by atoms with van der Waals surface area (Å²) in [6.07, 6.45) is -1.79. The lowest BCUT2D eigenvalue weighted by Crippen LogP contribution is -2.13. The monoisotopic (exact) mass is 520 g/mol. The highest BCUT2D eigenvalue weighted by Crippen LogP contribution is 2.43. The summed E-state index contributed by atoms with van der Waals surface area (Å²) in [6.45, 7) is 0.0976. The lowest BCUT2D eigenvalue weighted by molar-refractivity contribution is 0.0907. The maximum absolute atomic E-state index is 12.7. The summed E-state index contributed by atoms with van der Waals surface area (Å²) in [4.78, 5) is 25.3. The number of rotatable bonds is 8. The van der Waals surface area contributed by atoms with Crippen LogP contribution in [0.4, 0.5) is 9.59 Å². The molecule has 0 heterocycles. The van der Waals surface area contributed by atoms with Crippen molar-refractivity contribution in [3.05, 3.63) is 132 Å². The van der Waals surface area contributed by atoms with Gasteiger partial charge >= 0.3 is 12.3 Å². The van der Waals surface area contributed by atoms with E-state index in [-0.39, 0.29) is 30.5 Å². The van der Waals surface area contributed by atoms with E-state index >= 15 is 0 Å². The van der Waals surface area contributed by atoms with Gasteiger partial charge in [0.1, 0.15) is 24.7 Å². The van der Waals surface area contributed by atoms with Crippen molar-refractivity contribution in [2.24, 2.45) is 0 Å². The summed E-state index contributed by atoms with van der Waals surface area (Å²) >= 11 is 0. The largest absolute Gasteiger partial charge is 0.514 e. The van der Waals surface area contributed by atoms with Crippen molar-refractivity contribution in [2.45, 2.75) is 13.2 Å². The molecule has 0 N–H and O–H groups in total. The molecule has 0 atom stereocenters. The number of ether oxygens (including phenoxy) is 5. The lowest BCUT2D eigenvalue weighted by Gasteiger charge is -2.17. The fourth-order valence-electron chi connectivity index (χ4n) is 3.84. The van der Waals surface area contributed by atoms with Crippen molar-refractivity contribution in [2.75, 3.05) is 0 Å². The van der Waals surface area contributed by atoms with Crippen molar-refractivity contribution in [3.8, 4) is 23.0 Å². The molecule has 0 aliphatic heterocycles. The van der Waals surface area contributed by atoms with Gasteiger partial charge in [-0.2, -0.15) is 0 Å². The molecule has 0 unspecified atom stereocenters. The van der Waals surface area contributed by atoms with Gasteiger partial charge in [0, 0.05) is 16.8 Å². The second-order valence-corrected chi connectivity index (χ2v) is 8.42. The van der Waals surface area contributed by atoms with Crippen LogP contribution in [0.15, 0.2) is 121 Å². The predicted molar refractivity (Wildman–Crippen MR) is 145 cm³/mol. The minimum atomic E-state index is -0.905. The molecule has 0 saturated heterocycles. The van der Waals surface area contributed by atoms with Gasteiger partial charge in [-0.1, -0.05) is 103 Å². The van der Waals surface area contributed by atoms with Crippen molar-refractivity contribution in [1.82, 2.24) is 0 Å². The first-order valence-corrected chi connectivity index (χ1v) is 12.2. The number of benzene rings is 5. The first-order valence-electron chi connectivity index (χ1n) is 12.2. The van der Waals surface area contributed by atoms with Gasteiger partial charge in [0.15, 0.2) is 11.5 Å². The number of fused-ring (bicyclic) bond motifs is 1. The fraction of sp³-hybridized carbons (Fsp3) is 0.0625. The second-order valence-electron chi connectivity index (χ2n) is 8.42. The molecule has 0 fully saturated rings. The van der Waals surface area contributed by atoms with Crippen LogP contribution in [0.5, 0.6) is 23.0 Å². The third-order valence-electron chi connectivity index (χ3n) is 5.67. The minimum absolute atomic E-state index is 0.0426. The van der Waals surface area contributed by atoms with Crippen molar-refractivity contribution in [3.63, 3.8) is 0 Å². The molecule has 0 saturated carbocycles. The van der Waals surface area contributed by atoms with E-state index in [1.807, 2.05) is 78.9 Å². The van der Waals surface area contributed by atoms with Crippen LogP contribution < -0.4 is 14.2 Å². The molecular weight excluding hydrogens is 496 g/mol. The van der Waals surface area contributed by atoms with Crippen LogP contribution in [0.2, 0.25) is 0 Å². The zero-order chi connectivity index (χ0) is 26.9. The Balaban J connectivity index is 1.43. The van der Waals surface area contributed by atoms with Crippen LogP contribution in [-0.4, -0.2) is 12.3 Å². The van der Waals surface area contributed by atoms with E-state index in [0.717, 1.165) is 11.1 Å². The van der Waals surface area contributed by atoms with Crippen LogP contribution in [0.1, 0.15) is 11.1 Å². The number of carbonyl (C=O) groups excluding carboxylic acids is 2. The summed E-state index contributed by atoms with van der Waals surface area (Å²) in [5.74, 6) is 0.951. The average molecular weight is 521 g/mol. The SMILES string of the molecule is O=C(OCc1ccccc1)Oc1cc(Oc2ccccc2)c(OC(=O)OCc2ccccc2)c2ccccc12. The smallest absolute Gasteiger partial charge is 0.453 e. The molecule has 0 spiro atoms. The third kappa shape index (κ3) is 6.72. The van der Waals surface area contributed by atoms with Gasteiger partial charge < -0.3 is 23.7 Å². The Morgan fingerprint density at radius 1 is 0.513 bits per heavy atom. The Kier molecular flexibility index (Phi) is 7.99. The van der Waals surface area contributed by atoms with E-state index in [9.17, 15) is 9.59 Å². The van der Waals surface area contributed by atoms with Gasteiger partial charge in [-0.3, -0.25) is 0 Å². The Labute approximate surface area is 225 Å². The first kappa shape index (κ1) is 25.4. The quantitative estimate of drug-likeness (QED) is 0.151. The average Bonchev–Trinajstić information content (AvgIpc) is 2.98. The Hall–Kier alpha value is -5.30. The maximum Gasteiger partial charge on any atom is 0.514 e. The van der Waals surface area contributed by atoms with Crippen LogP contribution in [-0.2, 0) is 22.7 Å². The Morgan fingerprint density at radius 2 is 1.00 bits per heavy atom. The molecule has 0 bridgehead atoms. The van der Waals surface area contributed by atoms with Crippen molar-refractivity contribution < 1.29 is 33.3 Å². The maximum atomic E-state index is 12.7. The topological polar surface area (TPSA) is 80.3 Å². The number of carbonyl (C=O) groups is 2. The highest BCUT2D eigenvalue weighted by Gasteiger charge is 2.22. The molecule has 5 aromatic carbocycles. The number of para-hydroxylation sites is 1. The van der Waals surface area contributed by atoms with Crippen LogP contribution in [0, 0.1) is 0 Å². The lowest BCUT2D eigenvalue weighted by atomic mass is 10.1. The molecule has 0 aliphatic rings. The summed E-state index contributed by atoms with van der Waals surface area (Å²) < 4.78 is 27.9. The van der Waals surface area contributed by atoms with Crippen LogP contribution in [0.25, 0.3) is 10.8 Å². The van der Waals surface area contributed by atoms with Crippen molar-refractivity contribution >= 4 is 23.1 Å². The van der Waals surface area contributed by atoms with Crippen molar-refractivity contribution in [1.29, 1.82) is 0 Å². The zero-order valence-corrected chi connectivity index (χ0v) is 20.8. The van der Waals surface area contributed by atoms with E-state index in [2.05, 4.69) is 0 Å². The molecule has 7 heteroatoms. The molecule has 39 heavy (non-hydrogen) atoms. The molecule has 0 aliphatic carbocycles. The van der Waals surface area contributed by atoms with Gasteiger partial charge in [0.2, 0.25) is 0 Å². The van der Waals surface area contributed by atoms with Gasteiger partial charge in [0.05, 0.1) is 0 Å². The van der Waals surface area contributed by atoms with Gasteiger partial charge in [-0.25, -0.2) is 9.59 Å². The van der Waals surface area contributed by atoms with E-state index in [4.69, 9.17) is 23.7 Å². The van der Waals surface area contributed by atoms with E-state index in [1.54, 1.807) is 36.4 Å². The minimum Gasteiger partial charge on any atom is -0.453 e. The molecule has 0 aromatic heterocycles. The van der Waals surface area contributed by atoms with Gasteiger partial charge in [-0.05, 0) is 23.3 Å². The van der Waals surface area contributed by atoms with E-state index in [0.29, 0.717) is 16.5 Å². The summed E-state index contributed by atoms with van der Waals surface area (Å²) in [7, 11) is 0. The van der Waals surface area contributed by atoms with Crippen LogP contribution in [0.3, 0.4) is 0 Å². The fourth-order valence-corrected chi connectivity index (χ4v) is 3.84. The molecule has 5 aromatic rings. The normalized spacial score (nSPS) is 10.5. The van der Waals surface area contributed by atoms with E-state index in [1.165, 1.54) is 6.07 Å². The molecular formula is C32H24O7. The van der Waals surface area contributed by atoms with E-state index < -0.39 is 12.3 Å². The van der Waals surface area contributed by atoms with Crippen LogP contribution >= 0.6 is 0 Å². The Bertz CT molecular complexity index is 1550. The summed E-state index contributed by atoms with van der Waals surface area (Å²) in [6, 6.07) is 36.0. The highest BCUT2D eigenvalue weighted by atomic mass is 16.7. The highest BCUT2D eigenvalue weighted by molar-refractivity contribution is 5.97. The van der Waals surface area contributed by atoms with Gasteiger partial charge in [-0.15, -0.1) is 0 Å². The Morgan fingerprint density at radius 3 is 1.59 bits per heavy atom. The summed E-state index contributed by atoms with van der Waals surface area (Å²) in [5, 5.41) is 0.994. The molecule has 7 nitrogen and oxygen atoms in total. The predicted octanol–water partition coefficient (Wildman–Crippen LogP) is 8.06. The third-order valence-corrected chi connectivity index (χ3v) is 5.67. The zero-order valence-electron chi connectivity index (χ0n) is 20.8. The molecule has 5 rings (SSSR count). The molecule has 194 valence electrons. The molecule has 0 radical (unpaired) electrons. The number of hydrogen-bond donors (Lipinski definition) is 0. The molecule has 0 amide bonds. The first-order chi connectivity index (χ1) is 19.2. The summed E-state index contributed by atoms with van der Waals surface area (Å²) in [5.41, 5.74) is 1.64. The standard InChI is InChI=1S/C32H24O7/c33-31(35-21-23-12-4-1-5-13-23)38-28-20-29(37-25-16-8-3-9-17-25)30(27-19-11-10-18-26(27)28)39-32(34)36-22-24-14-6-2-7-15-24/h1-20H,21-22H2.